The summed E-state index contributed by atoms with van der Waals surface area (Å²) in [4.78, 5) is 23.0. The normalized spacial score (nSPS) is 20.9. The van der Waals surface area contributed by atoms with Crippen molar-refractivity contribution in [1.82, 2.24) is 19.1 Å². The molecule has 192 valence electrons. The van der Waals surface area contributed by atoms with Gasteiger partial charge in [0, 0.05) is 24.7 Å². The molecule has 1 aliphatic carbocycles. The van der Waals surface area contributed by atoms with Crippen LogP contribution < -0.4 is 5.73 Å². The second kappa shape index (κ2) is 10.7. The van der Waals surface area contributed by atoms with Crippen molar-refractivity contribution in [1.29, 1.82) is 0 Å². The van der Waals surface area contributed by atoms with E-state index in [1.807, 2.05) is 13.0 Å². The molecular weight excluding hydrogens is 511 g/mol. The Morgan fingerprint density at radius 1 is 1.38 bits per heavy atom. The van der Waals surface area contributed by atoms with E-state index in [0.29, 0.717) is 35.8 Å². The quantitative estimate of drug-likeness (QED) is 0.264. The summed E-state index contributed by atoms with van der Waals surface area (Å²) in [5, 5.41) is 6.76. The van der Waals surface area contributed by atoms with E-state index in [4.69, 9.17) is 5.73 Å². The predicted octanol–water partition coefficient (Wildman–Crippen LogP) is 3.93. The van der Waals surface area contributed by atoms with E-state index in [1.54, 1.807) is 45.1 Å². The molecule has 0 amide bonds. The van der Waals surface area contributed by atoms with Crippen LogP contribution in [0.4, 0.5) is 4.39 Å². The highest BCUT2D eigenvalue weighted by molar-refractivity contribution is 7.93. The molecule has 2 atom stereocenters. The maximum absolute atomic E-state index is 14.0. The number of Topliss-reactive ketones (excluding diaryl/α,β-unsaturated/α-hetero) is 1. The number of ketones is 1. The summed E-state index contributed by atoms with van der Waals surface area (Å²) in [5.41, 5.74) is 8.32. The van der Waals surface area contributed by atoms with Gasteiger partial charge in [-0.15, -0.1) is 15.6 Å². The van der Waals surface area contributed by atoms with Crippen molar-refractivity contribution in [2.75, 3.05) is 19.6 Å². The summed E-state index contributed by atoms with van der Waals surface area (Å²) in [6, 6.07) is 6.15. The lowest BCUT2D eigenvalue weighted by atomic mass is 9.66. The first-order chi connectivity index (χ1) is 18.0. The lowest BCUT2D eigenvalue weighted by Crippen LogP contribution is -2.53. The van der Waals surface area contributed by atoms with Gasteiger partial charge >= 0.3 is 0 Å². The smallest absolute Gasteiger partial charge is 0.207 e. The van der Waals surface area contributed by atoms with Crippen molar-refractivity contribution in [2.45, 2.75) is 26.2 Å². The van der Waals surface area contributed by atoms with Crippen LogP contribution in [0.1, 0.15) is 40.8 Å². The highest BCUT2D eigenvalue weighted by Crippen LogP contribution is 2.47. The van der Waals surface area contributed by atoms with Crippen LogP contribution >= 0.6 is 11.3 Å². The van der Waals surface area contributed by atoms with Crippen molar-refractivity contribution >= 4 is 40.8 Å². The number of allylic oxidation sites excluding steroid dienone is 1. The Bertz CT molecular complexity index is 1370. The SMILES string of the molecule is CCCN=CC(=CN)[S+]([O-])N1CCC2=Cc3c(cnn3-c3ccc(F)cc3)CC2(C(=O)c2nccs2)C1. The molecular formula is C26H27FN6O2S2. The topological polar surface area (TPSA) is 112 Å². The van der Waals surface area contributed by atoms with E-state index < -0.39 is 16.8 Å². The number of nitrogens with two attached hydrogens (primary N) is 1. The van der Waals surface area contributed by atoms with Crippen LogP contribution in [0, 0.1) is 11.2 Å². The van der Waals surface area contributed by atoms with Gasteiger partial charge in [-0.1, -0.05) is 12.5 Å². The Kier molecular flexibility index (Phi) is 7.38. The maximum Gasteiger partial charge on any atom is 0.207 e. The minimum atomic E-state index is -1.57. The minimum Gasteiger partial charge on any atom is -0.593 e. The van der Waals surface area contributed by atoms with Gasteiger partial charge in [-0.3, -0.25) is 9.79 Å². The van der Waals surface area contributed by atoms with Crippen LogP contribution in [-0.4, -0.2) is 55.3 Å². The minimum absolute atomic E-state index is 0.0893. The Morgan fingerprint density at radius 2 is 2.19 bits per heavy atom. The van der Waals surface area contributed by atoms with Gasteiger partial charge in [-0.25, -0.2) is 14.1 Å². The molecule has 37 heavy (non-hydrogen) atoms. The fourth-order valence-corrected chi connectivity index (χ4v) is 6.71. The molecule has 0 bridgehead atoms. The zero-order chi connectivity index (χ0) is 26.0. The largest absolute Gasteiger partial charge is 0.593 e. The number of fused-ring (bicyclic) bond motifs is 2. The van der Waals surface area contributed by atoms with E-state index in [9.17, 15) is 13.7 Å². The molecule has 2 aromatic heterocycles. The molecule has 0 radical (unpaired) electrons. The highest BCUT2D eigenvalue weighted by Gasteiger charge is 2.52. The van der Waals surface area contributed by atoms with E-state index in [0.717, 1.165) is 28.9 Å². The third-order valence-electron chi connectivity index (χ3n) is 6.68. The van der Waals surface area contributed by atoms with E-state index >= 15 is 0 Å². The van der Waals surface area contributed by atoms with Gasteiger partial charge in [-0.05, 0) is 55.2 Å². The average Bonchev–Trinajstić information content (AvgIpc) is 3.59. The van der Waals surface area contributed by atoms with E-state index in [2.05, 4.69) is 15.1 Å². The van der Waals surface area contributed by atoms with E-state index in [1.165, 1.54) is 29.7 Å². The number of thiazole rings is 1. The highest BCUT2D eigenvalue weighted by atomic mass is 32.2. The van der Waals surface area contributed by atoms with Gasteiger partial charge < -0.3 is 10.3 Å². The lowest BCUT2D eigenvalue weighted by Gasteiger charge is -2.44. The van der Waals surface area contributed by atoms with Crippen molar-refractivity contribution in [3.8, 4) is 5.69 Å². The molecule has 11 heteroatoms. The van der Waals surface area contributed by atoms with Gasteiger partial charge in [0.05, 0.1) is 53.3 Å². The van der Waals surface area contributed by atoms with Crippen molar-refractivity contribution in [3.05, 3.63) is 80.8 Å². The molecule has 0 spiro atoms. The zero-order valence-electron chi connectivity index (χ0n) is 20.3. The van der Waals surface area contributed by atoms with Gasteiger partial charge in [0.25, 0.3) is 0 Å². The number of nitrogens with zero attached hydrogens (tertiary/aromatic N) is 5. The van der Waals surface area contributed by atoms with Crippen LogP contribution in [0.3, 0.4) is 0 Å². The second-order valence-corrected chi connectivity index (χ2v) is 11.4. The fraction of sp³-hybridized carbons (Fsp3) is 0.308. The number of benzene rings is 1. The molecule has 5 rings (SSSR count). The number of carbonyl (C=O) groups is 1. The Balaban J connectivity index is 1.52. The standard InChI is InChI=1S/C26H27FN6O2S2/c1-2-8-29-16-22(14-28)37(35)32-10-7-19-12-23-18(15-31-33(23)21-5-3-20(27)4-6-21)13-26(19,17-32)24(34)25-30-9-11-36-25/h3-6,9,11-12,14-16H,2,7-8,10,13,17,28H2,1H3. The number of carbonyl (C=O) groups excluding carboxylic acids is 1. The van der Waals surface area contributed by atoms with Gasteiger partial charge in [-0.2, -0.15) is 5.10 Å². The van der Waals surface area contributed by atoms with Crippen LogP contribution in [0.25, 0.3) is 11.8 Å². The molecule has 0 saturated carbocycles. The number of hydrogen-bond acceptors (Lipinski definition) is 8. The second-order valence-electron chi connectivity index (χ2n) is 9.01. The first-order valence-electron chi connectivity index (χ1n) is 12.0. The summed E-state index contributed by atoms with van der Waals surface area (Å²) in [7, 11) is 0. The van der Waals surface area contributed by atoms with Crippen molar-refractivity contribution < 1.29 is 13.7 Å². The summed E-state index contributed by atoms with van der Waals surface area (Å²) in [6.07, 6.45) is 10.1. The van der Waals surface area contributed by atoms with Crippen LogP contribution in [0.15, 0.2) is 63.7 Å². The van der Waals surface area contributed by atoms with Crippen molar-refractivity contribution in [2.24, 2.45) is 16.1 Å². The van der Waals surface area contributed by atoms with Crippen molar-refractivity contribution in [3.63, 3.8) is 0 Å². The first-order valence-corrected chi connectivity index (χ1v) is 14.0. The first kappa shape index (κ1) is 25.5. The maximum atomic E-state index is 14.0. The van der Waals surface area contributed by atoms with Crippen LogP contribution in [0.2, 0.25) is 0 Å². The number of aliphatic imine (C=N–C) groups is 1. The molecule has 8 nitrogen and oxygen atoms in total. The molecule has 1 aromatic carbocycles. The molecule has 2 unspecified atom stereocenters. The van der Waals surface area contributed by atoms with Gasteiger partial charge in [0.1, 0.15) is 5.82 Å². The molecule has 2 aliphatic rings. The molecule has 2 N–H and O–H groups in total. The molecule has 1 fully saturated rings. The number of rotatable bonds is 8. The number of halogens is 1. The summed E-state index contributed by atoms with van der Waals surface area (Å²) < 4.78 is 30.6. The Hall–Kier alpha value is -3.12. The molecule has 3 heterocycles. The Labute approximate surface area is 221 Å². The van der Waals surface area contributed by atoms with Gasteiger partial charge in [0.2, 0.25) is 10.7 Å². The molecule has 3 aromatic rings. The molecule has 1 aliphatic heterocycles. The van der Waals surface area contributed by atoms with Gasteiger partial charge in [0.15, 0.2) is 5.01 Å². The van der Waals surface area contributed by atoms with E-state index in [-0.39, 0.29) is 18.1 Å². The summed E-state index contributed by atoms with van der Waals surface area (Å²) in [5.74, 6) is -0.407. The fourth-order valence-electron chi connectivity index (χ4n) is 4.86. The zero-order valence-corrected chi connectivity index (χ0v) is 22.0. The number of aromatic nitrogens is 3. The predicted molar refractivity (Wildman–Crippen MR) is 144 cm³/mol. The summed E-state index contributed by atoms with van der Waals surface area (Å²) in [6.45, 7) is 3.38. The Morgan fingerprint density at radius 3 is 2.89 bits per heavy atom. The van der Waals surface area contributed by atoms with Crippen LogP contribution in [-0.2, 0) is 17.8 Å². The molecule has 1 saturated heterocycles. The van der Waals surface area contributed by atoms with Crippen LogP contribution in [0.5, 0.6) is 0 Å². The monoisotopic (exact) mass is 538 g/mol. The number of hydrogen-bond donors (Lipinski definition) is 1. The summed E-state index contributed by atoms with van der Waals surface area (Å²) >= 11 is -0.267. The number of piperidine rings is 1. The third kappa shape index (κ3) is 4.79. The lowest BCUT2D eigenvalue weighted by molar-refractivity contribution is 0.0776. The average molecular weight is 539 g/mol. The third-order valence-corrected chi connectivity index (χ3v) is 8.88.